The summed E-state index contributed by atoms with van der Waals surface area (Å²) in [6.07, 6.45) is 3.81. The van der Waals surface area contributed by atoms with E-state index in [1.54, 1.807) is 6.92 Å². The number of carbonyl (C=O) groups is 2. The van der Waals surface area contributed by atoms with Gasteiger partial charge in [-0.25, -0.2) is 4.79 Å². The van der Waals surface area contributed by atoms with E-state index in [1.807, 2.05) is 11.8 Å². The number of hydrogen-bond donors (Lipinski definition) is 2. The zero-order valence-electron chi connectivity index (χ0n) is 10.4. The van der Waals surface area contributed by atoms with Gasteiger partial charge >= 0.3 is 6.03 Å². The average molecular weight is 256 g/mol. The molecule has 0 saturated carbocycles. The predicted octanol–water partition coefficient (Wildman–Crippen LogP) is 1.69. The number of unbranched alkanes of at least 4 members (excludes halogenated alkanes) is 1. The number of ketones is 1. The Labute approximate surface area is 106 Å². The summed E-state index contributed by atoms with van der Waals surface area (Å²) in [7, 11) is 0. The summed E-state index contributed by atoms with van der Waals surface area (Å²) in [6.45, 7) is 3.75. The maximum Gasteiger partial charge on any atom is 0.315 e. The first kappa shape index (κ1) is 12.7. The molecule has 2 rings (SSSR count). The van der Waals surface area contributed by atoms with Crippen molar-refractivity contribution in [2.24, 2.45) is 0 Å². The number of thioether (sulfide) groups is 1. The highest BCUT2D eigenvalue weighted by Crippen LogP contribution is 2.39. The molecule has 0 aliphatic carbocycles. The van der Waals surface area contributed by atoms with Crippen LogP contribution in [0.5, 0.6) is 0 Å². The van der Waals surface area contributed by atoms with Crippen LogP contribution in [0.2, 0.25) is 0 Å². The summed E-state index contributed by atoms with van der Waals surface area (Å²) in [5.41, 5.74) is -0.0764. The smallest absolute Gasteiger partial charge is 0.315 e. The van der Waals surface area contributed by atoms with Crippen LogP contribution in [0.1, 0.15) is 39.5 Å². The number of amides is 2. The van der Waals surface area contributed by atoms with Gasteiger partial charge in [-0.3, -0.25) is 0 Å². The number of rotatable bonds is 5. The number of hydrogen-bond acceptors (Lipinski definition) is 3. The molecule has 0 aromatic rings. The van der Waals surface area contributed by atoms with E-state index >= 15 is 0 Å². The molecule has 17 heavy (non-hydrogen) atoms. The molecule has 2 aliphatic heterocycles. The Morgan fingerprint density at radius 2 is 2.29 bits per heavy atom. The first-order chi connectivity index (χ1) is 8.01. The highest BCUT2D eigenvalue weighted by Gasteiger charge is 2.51. The Bertz CT molecular complexity index is 334. The summed E-state index contributed by atoms with van der Waals surface area (Å²) in [5, 5.41) is 6.52. The van der Waals surface area contributed by atoms with Crippen LogP contribution in [0.4, 0.5) is 4.79 Å². The van der Waals surface area contributed by atoms with Crippen molar-refractivity contribution in [3.8, 4) is 0 Å². The van der Waals surface area contributed by atoms with Crippen molar-refractivity contribution >= 4 is 23.6 Å². The van der Waals surface area contributed by atoms with Crippen LogP contribution in [0.15, 0.2) is 0 Å². The number of fused-ring (bicyclic) bond motifs is 1. The summed E-state index contributed by atoms with van der Waals surface area (Å²) in [5.74, 6) is 1.25. The highest BCUT2D eigenvalue weighted by atomic mass is 32.2. The fourth-order valence-corrected chi connectivity index (χ4v) is 4.35. The number of nitrogens with one attached hydrogen (secondary N) is 2. The largest absolute Gasteiger partial charge is 0.332 e. The first-order valence-corrected chi connectivity index (χ1v) is 7.26. The molecule has 2 aliphatic rings. The molecule has 0 aromatic carbocycles. The molecular formula is C12H20N2O2S. The summed E-state index contributed by atoms with van der Waals surface area (Å²) in [4.78, 5) is 22.2. The Morgan fingerprint density at radius 3 is 3.00 bits per heavy atom. The van der Waals surface area contributed by atoms with E-state index < -0.39 is 0 Å². The maximum atomic E-state index is 11.4. The zero-order chi connectivity index (χ0) is 12.5. The lowest BCUT2D eigenvalue weighted by atomic mass is 9.92. The molecule has 2 saturated heterocycles. The Morgan fingerprint density at radius 1 is 1.53 bits per heavy atom. The normalized spacial score (nSPS) is 35.3. The first-order valence-electron chi connectivity index (χ1n) is 6.21. The zero-order valence-corrected chi connectivity index (χ0v) is 11.2. The van der Waals surface area contributed by atoms with Gasteiger partial charge in [0.2, 0.25) is 0 Å². The molecule has 2 fully saturated rings. The minimum atomic E-state index is -0.0764. The van der Waals surface area contributed by atoms with E-state index in [2.05, 4.69) is 17.6 Å². The molecule has 2 heterocycles. The number of Topliss-reactive ketones (excluding diaryl/α,β-unsaturated/α-hetero) is 1. The molecule has 96 valence electrons. The van der Waals surface area contributed by atoms with Gasteiger partial charge in [0.1, 0.15) is 5.78 Å². The molecule has 0 radical (unpaired) electrons. The lowest BCUT2D eigenvalue weighted by Gasteiger charge is -2.23. The van der Waals surface area contributed by atoms with Gasteiger partial charge in [0.25, 0.3) is 0 Å². The Kier molecular flexibility index (Phi) is 3.66. The van der Waals surface area contributed by atoms with Crippen LogP contribution < -0.4 is 10.6 Å². The van der Waals surface area contributed by atoms with Crippen LogP contribution in [-0.2, 0) is 4.79 Å². The van der Waals surface area contributed by atoms with Crippen molar-refractivity contribution in [2.75, 3.05) is 5.75 Å². The highest BCUT2D eigenvalue weighted by molar-refractivity contribution is 8.00. The van der Waals surface area contributed by atoms with Gasteiger partial charge in [0.05, 0.1) is 11.6 Å². The third kappa shape index (κ3) is 2.76. The number of urea groups is 1. The van der Waals surface area contributed by atoms with E-state index in [1.165, 1.54) is 0 Å². The minimum absolute atomic E-state index is 0.0356. The van der Waals surface area contributed by atoms with Crippen LogP contribution in [0, 0.1) is 0 Å². The molecular weight excluding hydrogens is 236 g/mol. The van der Waals surface area contributed by atoms with Gasteiger partial charge in [-0.15, -0.1) is 0 Å². The molecule has 2 N–H and O–H groups in total. The monoisotopic (exact) mass is 256 g/mol. The third-order valence-corrected chi connectivity index (χ3v) is 5.31. The molecule has 0 unspecified atom stereocenters. The second-order valence-electron chi connectivity index (χ2n) is 5.29. The minimum Gasteiger partial charge on any atom is -0.332 e. The van der Waals surface area contributed by atoms with Crippen LogP contribution in [-0.4, -0.2) is 34.4 Å². The van der Waals surface area contributed by atoms with Gasteiger partial charge in [0, 0.05) is 17.4 Å². The van der Waals surface area contributed by atoms with E-state index in [4.69, 9.17) is 0 Å². The van der Waals surface area contributed by atoms with E-state index in [0.717, 1.165) is 25.0 Å². The molecule has 0 bridgehead atoms. The van der Waals surface area contributed by atoms with Crippen molar-refractivity contribution in [3.63, 3.8) is 0 Å². The van der Waals surface area contributed by atoms with E-state index in [9.17, 15) is 9.59 Å². The lowest BCUT2D eigenvalue weighted by Crippen LogP contribution is -2.47. The van der Waals surface area contributed by atoms with Crippen molar-refractivity contribution in [2.45, 2.75) is 56.4 Å². The second-order valence-corrected chi connectivity index (χ2v) is 6.52. The van der Waals surface area contributed by atoms with Crippen molar-refractivity contribution in [1.29, 1.82) is 0 Å². The molecule has 0 aromatic heterocycles. The number of carbonyl (C=O) groups excluding carboxylic acids is 2. The van der Waals surface area contributed by atoms with Gasteiger partial charge in [0.15, 0.2) is 0 Å². The van der Waals surface area contributed by atoms with Crippen molar-refractivity contribution < 1.29 is 9.59 Å². The third-order valence-electron chi connectivity index (χ3n) is 3.61. The quantitative estimate of drug-likeness (QED) is 0.581. The molecule has 4 nitrogen and oxygen atoms in total. The van der Waals surface area contributed by atoms with Crippen LogP contribution >= 0.6 is 11.8 Å². The maximum absolute atomic E-state index is 11.4. The fraction of sp³-hybridized carbons (Fsp3) is 0.833. The lowest BCUT2D eigenvalue weighted by molar-refractivity contribution is -0.117. The Hall–Kier alpha value is -0.710. The van der Waals surface area contributed by atoms with Gasteiger partial charge in [-0.2, -0.15) is 11.8 Å². The fourth-order valence-electron chi connectivity index (χ4n) is 2.65. The summed E-state index contributed by atoms with van der Waals surface area (Å²) in [6, 6.07) is 0.212. The molecule has 5 heteroatoms. The standard InChI is InChI=1S/C12H20N2O2S/c1-8(15)5-3-4-6-9-10-12(2,7-17-9)14-11(16)13-10/h9-10H,3-7H2,1-2H3,(H2,13,14,16)/t9-,10+,12-/m1/s1. The van der Waals surface area contributed by atoms with Gasteiger partial charge < -0.3 is 15.4 Å². The molecule has 0 spiro atoms. The average Bonchev–Trinajstić information content (AvgIpc) is 2.66. The van der Waals surface area contributed by atoms with E-state index in [-0.39, 0.29) is 23.4 Å². The van der Waals surface area contributed by atoms with E-state index in [0.29, 0.717) is 11.7 Å². The summed E-state index contributed by atoms with van der Waals surface area (Å²) >= 11 is 1.93. The second kappa shape index (κ2) is 4.88. The predicted molar refractivity (Wildman–Crippen MR) is 69.3 cm³/mol. The van der Waals surface area contributed by atoms with Gasteiger partial charge in [-0.1, -0.05) is 6.42 Å². The Balaban J connectivity index is 1.79. The topological polar surface area (TPSA) is 58.2 Å². The van der Waals surface area contributed by atoms with Crippen molar-refractivity contribution in [3.05, 3.63) is 0 Å². The molecule has 2 amide bonds. The summed E-state index contributed by atoms with van der Waals surface area (Å²) < 4.78 is 0. The SMILES string of the molecule is CC(=O)CCCC[C@H]1SC[C@@]2(C)NC(=O)N[C@@H]12. The van der Waals surface area contributed by atoms with Crippen LogP contribution in [0.25, 0.3) is 0 Å². The molecule has 3 atom stereocenters. The van der Waals surface area contributed by atoms with Crippen LogP contribution in [0.3, 0.4) is 0 Å². The van der Waals surface area contributed by atoms with Gasteiger partial charge in [-0.05, 0) is 26.7 Å². The van der Waals surface area contributed by atoms with Crippen molar-refractivity contribution in [1.82, 2.24) is 10.6 Å².